The normalized spacial score (nSPS) is 11.9. The van der Waals surface area contributed by atoms with Crippen LogP contribution in [0, 0.1) is 0 Å². The van der Waals surface area contributed by atoms with Crippen molar-refractivity contribution in [3.63, 3.8) is 0 Å². The number of phenols is 1. The molecule has 154 valence electrons. The summed E-state index contributed by atoms with van der Waals surface area (Å²) in [7, 11) is 3.39. The standard InChI is InChI=1S/C21H29N3O3.HI/c1-16(27-20-9-5-4-8-19(20)26-3)15-24-21(22-2)23-14-6-7-17-10-12-18(25)13-11-17;/h4-5,8-13,16,25H,6-7,14-15H2,1-3H3,(H2,22,23,24);1H. The monoisotopic (exact) mass is 499 g/mol. The Bertz CT molecular complexity index is 723. The van der Waals surface area contributed by atoms with E-state index in [0.717, 1.165) is 36.8 Å². The van der Waals surface area contributed by atoms with E-state index in [4.69, 9.17) is 9.47 Å². The number of nitrogens with one attached hydrogen (secondary N) is 2. The number of halogens is 1. The Morgan fingerprint density at radius 1 is 1.07 bits per heavy atom. The predicted octanol–water partition coefficient (Wildman–Crippen LogP) is 3.58. The quantitative estimate of drug-likeness (QED) is 0.213. The van der Waals surface area contributed by atoms with Gasteiger partial charge in [0.2, 0.25) is 0 Å². The van der Waals surface area contributed by atoms with E-state index in [9.17, 15) is 5.11 Å². The summed E-state index contributed by atoms with van der Waals surface area (Å²) >= 11 is 0. The molecule has 7 heteroatoms. The number of aromatic hydroxyl groups is 1. The summed E-state index contributed by atoms with van der Waals surface area (Å²) in [5.41, 5.74) is 1.20. The minimum atomic E-state index is -0.0446. The number of rotatable bonds is 9. The van der Waals surface area contributed by atoms with Crippen molar-refractivity contribution in [3.8, 4) is 17.2 Å². The van der Waals surface area contributed by atoms with Gasteiger partial charge in [-0.05, 0) is 49.6 Å². The molecule has 2 aromatic rings. The summed E-state index contributed by atoms with van der Waals surface area (Å²) in [6, 6.07) is 14.9. The van der Waals surface area contributed by atoms with Crippen LogP contribution < -0.4 is 20.1 Å². The number of para-hydroxylation sites is 2. The van der Waals surface area contributed by atoms with Crippen LogP contribution in [0.3, 0.4) is 0 Å². The molecule has 0 fully saturated rings. The molecule has 0 radical (unpaired) electrons. The van der Waals surface area contributed by atoms with Gasteiger partial charge in [-0.3, -0.25) is 4.99 Å². The predicted molar refractivity (Wildman–Crippen MR) is 124 cm³/mol. The molecule has 0 heterocycles. The molecule has 1 atom stereocenters. The SMILES string of the molecule is CN=C(NCCCc1ccc(O)cc1)NCC(C)Oc1ccccc1OC.I. The Labute approximate surface area is 184 Å². The molecule has 1 unspecified atom stereocenters. The average molecular weight is 499 g/mol. The lowest BCUT2D eigenvalue weighted by Crippen LogP contribution is -2.42. The molecule has 0 aliphatic rings. The van der Waals surface area contributed by atoms with Crippen LogP contribution in [-0.2, 0) is 6.42 Å². The van der Waals surface area contributed by atoms with E-state index in [1.54, 1.807) is 26.3 Å². The van der Waals surface area contributed by atoms with Gasteiger partial charge in [0.1, 0.15) is 11.9 Å². The number of hydrogen-bond acceptors (Lipinski definition) is 4. The van der Waals surface area contributed by atoms with Crippen LogP contribution in [-0.4, -0.2) is 44.4 Å². The van der Waals surface area contributed by atoms with Gasteiger partial charge in [0.25, 0.3) is 0 Å². The van der Waals surface area contributed by atoms with Crippen molar-refractivity contribution >= 4 is 29.9 Å². The zero-order chi connectivity index (χ0) is 19.5. The molecule has 2 rings (SSSR count). The van der Waals surface area contributed by atoms with Gasteiger partial charge in [-0.25, -0.2) is 0 Å². The molecule has 28 heavy (non-hydrogen) atoms. The van der Waals surface area contributed by atoms with Crippen molar-refractivity contribution in [2.45, 2.75) is 25.9 Å². The van der Waals surface area contributed by atoms with Gasteiger partial charge in [-0.15, -0.1) is 24.0 Å². The van der Waals surface area contributed by atoms with E-state index in [1.165, 1.54) is 5.56 Å². The molecule has 0 aliphatic heterocycles. The number of hydrogen-bond donors (Lipinski definition) is 3. The highest BCUT2D eigenvalue weighted by molar-refractivity contribution is 14.0. The molecule has 6 nitrogen and oxygen atoms in total. The highest BCUT2D eigenvalue weighted by Gasteiger charge is 2.09. The molecule has 0 saturated carbocycles. The molecular weight excluding hydrogens is 469 g/mol. The number of nitrogens with zero attached hydrogens (tertiary/aromatic N) is 1. The van der Waals surface area contributed by atoms with Crippen LogP contribution in [0.1, 0.15) is 18.9 Å². The van der Waals surface area contributed by atoms with Crippen LogP contribution in [0.25, 0.3) is 0 Å². The minimum absolute atomic E-state index is 0. The summed E-state index contributed by atoms with van der Waals surface area (Å²) in [6.07, 6.45) is 1.87. The molecule has 0 spiro atoms. The van der Waals surface area contributed by atoms with Gasteiger partial charge < -0.3 is 25.2 Å². The molecule has 0 aromatic heterocycles. The van der Waals surface area contributed by atoms with Crippen LogP contribution in [0.5, 0.6) is 17.2 Å². The lowest BCUT2D eigenvalue weighted by molar-refractivity contribution is 0.213. The number of methoxy groups -OCH3 is 1. The van der Waals surface area contributed by atoms with Crippen LogP contribution in [0.15, 0.2) is 53.5 Å². The number of aryl methyl sites for hydroxylation is 1. The van der Waals surface area contributed by atoms with Crippen LogP contribution in [0.2, 0.25) is 0 Å². The lowest BCUT2D eigenvalue weighted by Gasteiger charge is -2.19. The van der Waals surface area contributed by atoms with Crippen molar-refractivity contribution in [1.82, 2.24) is 10.6 Å². The van der Waals surface area contributed by atoms with Gasteiger partial charge in [-0.1, -0.05) is 24.3 Å². The van der Waals surface area contributed by atoms with Crippen molar-refractivity contribution in [2.75, 3.05) is 27.2 Å². The first kappa shape index (κ1) is 23.9. The molecule has 0 bridgehead atoms. The minimum Gasteiger partial charge on any atom is -0.508 e. The fourth-order valence-electron chi connectivity index (χ4n) is 2.60. The first-order valence-corrected chi connectivity index (χ1v) is 9.14. The van der Waals surface area contributed by atoms with Crippen molar-refractivity contribution in [2.24, 2.45) is 4.99 Å². The topological polar surface area (TPSA) is 75.1 Å². The first-order valence-electron chi connectivity index (χ1n) is 9.14. The Morgan fingerprint density at radius 3 is 2.39 bits per heavy atom. The Kier molecular flexibility index (Phi) is 11.2. The highest BCUT2D eigenvalue weighted by atomic mass is 127. The summed E-state index contributed by atoms with van der Waals surface area (Å²) < 4.78 is 11.2. The number of aliphatic imine (C=N–C) groups is 1. The van der Waals surface area contributed by atoms with Crippen molar-refractivity contribution < 1.29 is 14.6 Å². The number of benzene rings is 2. The van der Waals surface area contributed by atoms with E-state index in [2.05, 4.69) is 15.6 Å². The summed E-state index contributed by atoms with van der Waals surface area (Å²) in [6.45, 7) is 3.43. The second-order valence-electron chi connectivity index (χ2n) is 6.23. The third-order valence-electron chi connectivity index (χ3n) is 4.05. The molecule has 3 N–H and O–H groups in total. The fourth-order valence-corrected chi connectivity index (χ4v) is 2.60. The zero-order valence-corrected chi connectivity index (χ0v) is 19.0. The first-order chi connectivity index (χ1) is 13.1. The Balaban J connectivity index is 0.00000392. The van der Waals surface area contributed by atoms with E-state index >= 15 is 0 Å². The third-order valence-corrected chi connectivity index (χ3v) is 4.05. The summed E-state index contributed by atoms with van der Waals surface area (Å²) in [4.78, 5) is 4.24. The van der Waals surface area contributed by atoms with Crippen LogP contribution in [0.4, 0.5) is 0 Å². The number of guanidine groups is 1. The number of phenolic OH excluding ortho intramolecular Hbond substituents is 1. The van der Waals surface area contributed by atoms with Gasteiger partial charge in [0.15, 0.2) is 17.5 Å². The largest absolute Gasteiger partial charge is 0.508 e. The van der Waals surface area contributed by atoms with Crippen molar-refractivity contribution in [1.29, 1.82) is 0 Å². The molecule has 0 amide bonds. The third kappa shape index (κ3) is 8.24. The van der Waals surface area contributed by atoms with E-state index in [-0.39, 0.29) is 30.1 Å². The average Bonchev–Trinajstić information content (AvgIpc) is 2.69. The second kappa shape index (κ2) is 13.1. The Hall–Kier alpha value is -2.16. The smallest absolute Gasteiger partial charge is 0.191 e. The molecule has 2 aromatic carbocycles. The highest BCUT2D eigenvalue weighted by Crippen LogP contribution is 2.26. The van der Waals surface area contributed by atoms with E-state index < -0.39 is 0 Å². The lowest BCUT2D eigenvalue weighted by atomic mass is 10.1. The summed E-state index contributed by atoms with van der Waals surface area (Å²) in [5, 5.41) is 15.9. The summed E-state index contributed by atoms with van der Waals surface area (Å²) in [5.74, 6) is 2.49. The van der Waals surface area contributed by atoms with Gasteiger partial charge in [-0.2, -0.15) is 0 Å². The van der Waals surface area contributed by atoms with Gasteiger partial charge in [0, 0.05) is 13.6 Å². The Morgan fingerprint density at radius 2 is 1.75 bits per heavy atom. The van der Waals surface area contributed by atoms with E-state index in [1.807, 2.05) is 43.3 Å². The maximum absolute atomic E-state index is 9.31. The van der Waals surface area contributed by atoms with Crippen LogP contribution >= 0.6 is 24.0 Å². The fraction of sp³-hybridized carbons (Fsp3) is 0.381. The molecular formula is C21H30IN3O3. The molecule has 0 saturated heterocycles. The van der Waals surface area contributed by atoms with Gasteiger partial charge in [0.05, 0.1) is 13.7 Å². The zero-order valence-electron chi connectivity index (χ0n) is 16.6. The second-order valence-corrected chi connectivity index (χ2v) is 6.23. The maximum Gasteiger partial charge on any atom is 0.191 e. The van der Waals surface area contributed by atoms with E-state index in [0.29, 0.717) is 12.3 Å². The maximum atomic E-state index is 9.31. The van der Waals surface area contributed by atoms with Crippen molar-refractivity contribution in [3.05, 3.63) is 54.1 Å². The number of ether oxygens (including phenoxy) is 2. The van der Waals surface area contributed by atoms with Gasteiger partial charge >= 0.3 is 0 Å². The molecule has 0 aliphatic carbocycles.